The first-order chi connectivity index (χ1) is 9.78. The predicted molar refractivity (Wildman–Crippen MR) is 83.4 cm³/mol. The zero-order chi connectivity index (χ0) is 14.2. The lowest BCUT2D eigenvalue weighted by Gasteiger charge is -2.05. The quantitative estimate of drug-likeness (QED) is 0.792. The highest BCUT2D eigenvalue weighted by Gasteiger charge is 1.99. The molecule has 0 saturated carbocycles. The minimum absolute atomic E-state index is 0.659. The maximum Gasteiger partial charge on any atom is 0.101 e. The number of nitrogens with one attached hydrogen (secondary N) is 1. The van der Waals surface area contributed by atoms with Crippen LogP contribution in [0.4, 0.5) is 0 Å². The van der Waals surface area contributed by atoms with Gasteiger partial charge in [-0.1, -0.05) is 35.5 Å². The molecule has 0 atom stereocenters. The Morgan fingerprint density at radius 1 is 1.20 bits per heavy atom. The van der Waals surface area contributed by atoms with Crippen LogP contribution in [0.2, 0.25) is 5.02 Å². The Bertz CT molecular complexity index is 516. The number of aromatic nitrogens is 1. The average Bonchev–Trinajstić information content (AvgIpc) is 2.48. The highest BCUT2D eigenvalue weighted by Crippen LogP contribution is 2.26. The standard InChI is InChI=1S/C15H17ClN2OS/c1-19-9-8-17-10-12-2-5-14(6-3-12)20-15-7-4-13(16)11-18-15/h2-7,11,17H,8-10H2,1H3. The third-order valence-corrected chi connectivity index (χ3v) is 3.84. The smallest absolute Gasteiger partial charge is 0.101 e. The van der Waals surface area contributed by atoms with E-state index in [4.69, 9.17) is 16.3 Å². The van der Waals surface area contributed by atoms with Gasteiger partial charge in [-0.25, -0.2) is 4.98 Å². The van der Waals surface area contributed by atoms with Crippen LogP contribution in [0.3, 0.4) is 0 Å². The van der Waals surface area contributed by atoms with Gasteiger partial charge in [-0.2, -0.15) is 0 Å². The fourth-order valence-corrected chi connectivity index (χ4v) is 2.49. The molecule has 2 aromatic rings. The van der Waals surface area contributed by atoms with Crippen LogP contribution >= 0.6 is 23.4 Å². The number of methoxy groups -OCH3 is 1. The van der Waals surface area contributed by atoms with Crippen LogP contribution in [0.5, 0.6) is 0 Å². The minimum atomic E-state index is 0.659. The molecule has 0 saturated heterocycles. The number of hydrogen-bond acceptors (Lipinski definition) is 4. The van der Waals surface area contributed by atoms with Gasteiger partial charge in [0.2, 0.25) is 0 Å². The second kappa shape index (κ2) is 8.27. The van der Waals surface area contributed by atoms with Gasteiger partial charge < -0.3 is 10.1 Å². The van der Waals surface area contributed by atoms with E-state index in [1.54, 1.807) is 25.1 Å². The summed E-state index contributed by atoms with van der Waals surface area (Å²) >= 11 is 7.45. The highest BCUT2D eigenvalue weighted by molar-refractivity contribution is 7.99. The summed E-state index contributed by atoms with van der Waals surface area (Å²) in [5.74, 6) is 0. The Kier molecular flexibility index (Phi) is 6.33. The van der Waals surface area contributed by atoms with Crippen molar-refractivity contribution in [1.82, 2.24) is 10.3 Å². The van der Waals surface area contributed by atoms with Crippen molar-refractivity contribution < 1.29 is 4.74 Å². The molecule has 5 heteroatoms. The zero-order valence-electron chi connectivity index (χ0n) is 11.3. The maximum atomic E-state index is 5.82. The summed E-state index contributed by atoms with van der Waals surface area (Å²) in [6, 6.07) is 12.2. The third-order valence-electron chi connectivity index (χ3n) is 2.66. The molecule has 20 heavy (non-hydrogen) atoms. The number of nitrogens with zero attached hydrogens (tertiary/aromatic N) is 1. The Balaban J connectivity index is 1.86. The molecule has 0 bridgehead atoms. The number of hydrogen-bond donors (Lipinski definition) is 1. The average molecular weight is 309 g/mol. The van der Waals surface area contributed by atoms with Crippen LogP contribution in [0.25, 0.3) is 0 Å². The summed E-state index contributed by atoms with van der Waals surface area (Å²) in [4.78, 5) is 5.44. The fourth-order valence-electron chi connectivity index (χ4n) is 1.63. The van der Waals surface area contributed by atoms with Crippen molar-refractivity contribution in [1.29, 1.82) is 0 Å². The van der Waals surface area contributed by atoms with Gasteiger partial charge in [-0.05, 0) is 29.8 Å². The van der Waals surface area contributed by atoms with E-state index in [0.717, 1.165) is 24.7 Å². The van der Waals surface area contributed by atoms with Crippen LogP contribution in [0.15, 0.2) is 52.5 Å². The lowest BCUT2D eigenvalue weighted by molar-refractivity contribution is 0.199. The molecule has 3 nitrogen and oxygen atoms in total. The van der Waals surface area contributed by atoms with Gasteiger partial charge in [-0.3, -0.25) is 0 Å². The lowest BCUT2D eigenvalue weighted by Crippen LogP contribution is -2.18. The predicted octanol–water partition coefficient (Wildman–Crippen LogP) is 3.62. The molecule has 0 aliphatic rings. The third kappa shape index (κ3) is 5.13. The number of ether oxygens (including phenoxy) is 1. The molecular weight excluding hydrogens is 292 g/mol. The second-order valence-corrected chi connectivity index (χ2v) is 5.76. The van der Waals surface area contributed by atoms with Crippen molar-refractivity contribution >= 4 is 23.4 Å². The molecule has 0 radical (unpaired) electrons. The van der Waals surface area contributed by atoms with E-state index in [0.29, 0.717) is 5.02 Å². The summed E-state index contributed by atoms with van der Waals surface area (Å²) in [5, 5.41) is 4.92. The first kappa shape index (κ1) is 15.3. The minimum Gasteiger partial charge on any atom is -0.383 e. The van der Waals surface area contributed by atoms with E-state index in [-0.39, 0.29) is 0 Å². The van der Waals surface area contributed by atoms with Crippen molar-refractivity contribution in [2.45, 2.75) is 16.5 Å². The molecule has 0 aliphatic heterocycles. The molecule has 1 N–H and O–H groups in total. The van der Waals surface area contributed by atoms with Crippen LogP contribution in [0, 0.1) is 0 Å². The van der Waals surface area contributed by atoms with Crippen LogP contribution in [-0.4, -0.2) is 25.2 Å². The monoisotopic (exact) mass is 308 g/mol. The van der Waals surface area contributed by atoms with Crippen molar-refractivity contribution in [2.75, 3.05) is 20.3 Å². The van der Waals surface area contributed by atoms with Gasteiger partial charge in [0, 0.05) is 31.3 Å². The Morgan fingerprint density at radius 2 is 2.00 bits per heavy atom. The molecule has 106 valence electrons. The van der Waals surface area contributed by atoms with Crippen LogP contribution in [-0.2, 0) is 11.3 Å². The van der Waals surface area contributed by atoms with E-state index in [1.807, 2.05) is 12.1 Å². The first-order valence-corrected chi connectivity index (χ1v) is 7.55. The van der Waals surface area contributed by atoms with E-state index in [9.17, 15) is 0 Å². The topological polar surface area (TPSA) is 34.1 Å². The van der Waals surface area contributed by atoms with Crippen molar-refractivity contribution in [3.8, 4) is 0 Å². The van der Waals surface area contributed by atoms with Gasteiger partial charge in [0.05, 0.1) is 11.6 Å². The SMILES string of the molecule is COCCNCc1ccc(Sc2ccc(Cl)cn2)cc1. The number of pyridine rings is 1. The normalized spacial score (nSPS) is 10.7. The van der Waals surface area contributed by atoms with E-state index < -0.39 is 0 Å². The molecule has 0 amide bonds. The first-order valence-electron chi connectivity index (χ1n) is 6.36. The Hall–Kier alpha value is -1.07. The van der Waals surface area contributed by atoms with Crippen molar-refractivity contribution in [3.63, 3.8) is 0 Å². The van der Waals surface area contributed by atoms with E-state index in [1.165, 1.54) is 10.5 Å². The number of rotatable bonds is 7. The van der Waals surface area contributed by atoms with Gasteiger partial charge in [0.1, 0.15) is 5.03 Å². The zero-order valence-corrected chi connectivity index (χ0v) is 12.9. The van der Waals surface area contributed by atoms with E-state index >= 15 is 0 Å². The van der Waals surface area contributed by atoms with Crippen molar-refractivity contribution in [3.05, 3.63) is 53.2 Å². The highest BCUT2D eigenvalue weighted by atomic mass is 35.5. The Morgan fingerprint density at radius 3 is 2.65 bits per heavy atom. The molecule has 0 spiro atoms. The number of benzene rings is 1. The van der Waals surface area contributed by atoms with Gasteiger partial charge in [-0.15, -0.1) is 0 Å². The summed E-state index contributed by atoms with van der Waals surface area (Å²) in [6.07, 6.45) is 1.66. The molecule has 2 rings (SSSR count). The van der Waals surface area contributed by atoms with E-state index in [2.05, 4.69) is 34.6 Å². The molecule has 1 aromatic heterocycles. The second-order valence-electron chi connectivity index (χ2n) is 4.23. The van der Waals surface area contributed by atoms with Gasteiger partial charge in [0.25, 0.3) is 0 Å². The summed E-state index contributed by atoms with van der Waals surface area (Å²) in [6.45, 7) is 2.45. The maximum absolute atomic E-state index is 5.82. The van der Waals surface area contributed by atoms with Crippen molar-refractivity contribution in [2.24, 2.45) is 0 Å². The van der Waals surface area contributed by atoms with Gasteiger partial charge in [0.15, 0.2) is 0 Å². The number of halogens is 1. The molecule has 1 heterocycles. The molecular formula is C15H17ClN2OS. The molecule has 0 aliphatic carbocycles. The summed E-state index contributed by atoms with van der Waals surface area (Å²) in [7, 11) is 1.71. The summed E-state index contributed by atoms with van der Waals surface area (Å²) in [5.41, 5.74) is 1.26. The molecule has 1 aromatic carbocycles. The summed E-state index contributed by atoms with van der Waals surface area (Å²) < 4.78 is 4.99. The molecule has 0 fully saturated rings. The fraction of sp³-hybridized carbons (Fsp3) is 0.267. The lowest BCUT2D eigenvalue weighted by atomic mass is 10.2. The largest absolute Gasteiger partial charge is 0.383 e. The van der Waals surface area contributed by atoms with Gasteiger partial charge >= 0.3 is 0 Å². The van der Waals surface area contributed by atoms with Crippen LogP contribution in [0.1, 0.15) is 5.56 Å². The van der Waals surface area contributed by atoms with Crippen LogP contribution < -0.4 is 5.32 Å². The molecule has 0 unspecified atom stereocenters. The Labute approximate surface area is 128 Å².